The molecule has 17 heavy (non-hydrogen) atoms. The number of esters is 1. The van der Waals surface area contributed by atoms with E-state index in [1.807, 2.05) is 0 Å². The van der Waals surface area contributed by atoms with Crippen molar-refractivity contribution in [1.82, 2.24) is 0 Å². The number of carbonyl (C=O) groups is 1. The van der Waals surface area contributed by atoms with Crippen LogP contribution in [0, 0.1) is 5.41 Å². The minimum atomic E-state index is -2.95. The maximum Gasteiger partial charge on any atom is 0.306 e. The summed E-state index contributed by atoms with van der Waals surface area (Å²) in [5.41, 5.74) is 5.35. The molecule has 5 nitrogen and oxygen atoms in total. The third-order valence-corrected chi connectivity index (χ3v) is 7.34. The highest BCUT2D eigenvalue weighted by Gasteiger charge is 2.59. The van der Waals surface area contributed by atoms with Crippen LogP contribution in [0.15, 0.2) is 0 Å². The zero-order valence-electron chi connectivity index (χ0n) is 9.59. The minimum Gasteiger partial charge on any atom is -0.460 e. The smallest absolute Gasteiger partial charge is 0.306 e. The fraction of sp³-hybridized carbons (Fsp3) is 0.909. The summed E-state index contributed by atoms with van der Waals surface area (Å²) in [5, 5.41) is -0.547. The Morgan fingerprint density at radius 1 is 1.29 bits per heavy atom. The van der Waals surface area contributed by atoms with Gasteiger partial charge in [-0.25, -0.2) is 8.42 Å². The normalized spacial score (nSPS) is 47.4. The van der Waals surface area contributed by atoms with Gasteiger partial charge in [-0.2, -0.15) is 0 Å². The maximum absolute atomic E-state index is 12.0. The van der Waals surface area contributed by atoms with Crippen LogP contribution in [-0.4, -0.2) is 37.5 Å². The van der Waals surface area contributed by atoms with E-state index in [1.165, 1.54) is 0 Å². The highest BCUT2D eigenvalue weighted by atomic mass is 32.2. The number of rotatable bonds is 1. The summed E-state index contributed by atoms with van der Waals surface area (Å²) in [6, 6.07) is 0. The first-order chi connectivity index (χ1) is 7.98. The Kier molecular flexibility index (Phi) is 2.32. The number of sulfone groups is 1. The quantitative estimate of drug-likeness (QED) is 0.669. The van der Waals surface area contributed by atoms with E-state index in [-0.39, 0.29) is 28.0 Å². The van der Waals surface area contributed by atoms with Crippen molar-refractivity contribution < 1.29 is 17.9 Å². The van der Waals surface area contributed by atoms with E-state index >= 15 is 0 Å². The molecule has 0 aromatic rings. The van der Waals surface area contributed by atoms with Crippen LogP contribution in [0.1, 0.15) is 32.1 Å². The molecule has 2 N–H and O–H groups in total. The van der Waals surface area contributed by atoms with Crippen LogP contribution in [-0.2, 0) is 19.4 Å². The molecule has 2 bridgehead atoms. The highest BCUT2D eigenvalue weighted by Crippen LogP contribution is 2.53. The van der Waals surface area contributed by atoms with E-state index in [9.17, 15) is 13.2 Å². The fourth-order valence-electron chi connectivity index (χ4n) is 3.83. The molecule has 3 heterocycles. The molecule has 3 aliphatic heterocycles. The summed E-state index contributed by atoms with van der Waals surface area (Å²) < 4.78 is 29.3. The molecule has 96 valence electrons. The van der Waals surface area contributed by atoms with Gasteiger partial charge in [0.2, 0.25) is 0 Å². The first-order valence-electron chi connectivity index (χ1n) is 6.10. The molecule has 1 spiro atoms. The summed E-state index contributed by atoms with van der Waals surface area (Å²) in [6.45, 7) is 0.297. The monoisotopic (exact) mass is 259 g/mol. The van der Waals surface area contributed by atoms with Gasteiger partial charge in [-0.1, -0.05) is 0 Å². The van der Waals surface area contributed by atoms with Crippen LogP contribution in [0.2, 0.25) is 0 Å². The van der Waals surface area contributed by atoms with E-state index in [2.05, 4.69) is 0 Å². The lowest BCUT2D eigenvalue weighted by Gasteiger charge is -2.39. The molecule has 3 saturated heterocycles. The van der Waals surface area contributed by atoms with Crippen molar-refractivity contribution in [3.05, 3.63) is 0 Å². The van der Waals surface area contributed by atoms with Crippen LogP contribution < -0.4 is 5.73 Å². The molecule has 3 fully saturated rings. The average Bonchev–Trinajstić information content (AvgIpc) is 2.59. The Labute approximate surface area is 101 Å². The first-order valence-corrected chi connectivity index (χ1v) is 7.71. The third kappa shape index (κ3) is 1.46. The Balaban J connectivity index is 1.95. The van der Waals surface area contributed by atoms with Gasteiger partial charge in [0.25, 0.3) is 0 Å². The Morgan fingerprint density at radius 2 is 1.88 bits per heavy atom. The molecule has 0 amide bonds. The second-order valence-corrected chi connectivity index (χ2v) is 8.08. The van der Waals surface area contributed by atoms with E-state index in [0.29, 0.717) is 25.8 Å². The summed E-state index contributed by atoms with van der Waals surface area (Å²) in [5.74, 6) is -0.223. The molecule has 0 aromatic heterocycles. The number of carbonyl (C=O) groups excluding carboxylic acids is 1. The molecule has 6 heteroatoms. The van der Waals surface area contributed by atoms with Crippen molar-refractivity contribution in [3.63, 3.8) is 0 Å². The van der Waals surface area contributed by atoms with Gasteiger partial charge >= 0.3 is 5.97 Å². The van der Waals surface area contributed by atoms with Gasteiger partial charge in [-0.15, -0.1) is 0 Å². The van der Waals surface area contributed by atoms with Gasteiger partial charge in [0.15, 0.2) is 9.84 Å². The van der Waals surface area contributed by atoms with Crippen molar-refractivity contribution in [3.8, 4) is 0 Å². The van der Waals surface area contributed by atoms with Gasteiger partial charge in [0.1, 0.15) is 6.10 Å². The SMILES string of the molecule is NCC1OC(=O)CC12CC1CCC(C2)S1(=O)=O. The minimum absolute atomic E-state index is 0.223. The van der Waals surface area contributed by atoms with Crippen LogP contribution in [0.4, 0.5) is 0 Å². The number of nitrogens with two attached hydrogens (primary N) is 1. The molecular formula is C11H17NO4S. The molecule has 3 rings (SSSR count). The summed E-state index contributed by atoms with van der Waals surface area (Å²) in [6.07, 6.45) is 2.64. The predicted octanol–water partition coefficient (Wildman–Crippen LogP) is -0.0134. The topological polar surface area (TPSA) is 86.5 Å². The van der Waals surface area contributed by atoms with E-state index in [1.54, 1.807) is 0 Å². The van der Waals surface area contributed by atoms with Gasteiger partial charge < -0.3 is 10.5 Å². The van der Waals surface area contributed by atoms with E-state index in [0.717, 1.165) is 12.8 Å². The third-order valence-electron chi connectivity index (χ3n) is 4.68. The Bertz CT molecular complexity index is 438. The van der Waals surface area contributed by atoms with Crippen LogP contribution in [0.3, 0.4) is 0 Å². The lowest BCUT2D eigenvalue weighted by molar-refractivity contribution is -0.141. The molecule has 3 aliphatic rings. The number of hydrogen-bond donors (Lipinski definition) is 1. The summed E-state index contributed by atoms with van der Waals surface area (Å²) >= 11 is 0. The predicted molar refractivity (Wildman–Crippen MR) is 60.9 cm³/mol. The number of ether oxygens (including phenoxy) is 1. The Hall–Kier alpha value is -0.620. The zero-order chi connectivity index (χ0) is 12.3. The lowest BCUT2D eigenvalue weighted by Crippen LogP contribution is -2.47. The molecule has 3 unspecified atom stereocenters. The summed E-state index contributed by atoms with van der Waals surface area (Å²) in [4.78, 5) is 11.5. The second-order valence-electron chi connectivity index (χ2n) is 5.57. The van der Waals surface area contributed by atoms with Crippen LogP contribution >= 0.6 is 0 Å². The lowest BCUT2D eigenvalue weighted by atomic mass is 9.74. The van der Waals surface area contributed by atoms with Gasteiger partial charge in [-0.3, -0.25) is 4.79 Å². The van der Waals surface area contributed by atoms with Gasteiger partial charge in [0, 0.05) is 12.0 Å². The first kappa shape index (κ1) is 11.5. The van der Waals surface area contributed by atoms with Gasteiger partial charge in [0.05, 0.1) is 16.9 Å². The van der Waals surface area contributed by atoms with Crippen molar-refractivity contribution >= 4 is 15.8 Å². The van der Waals surface area contributed by atoms with Crippen LogP contribution in [0.25, 0.3) is 0 Å². The molecule has 0 radical (unpaired) electrons. The van der Waals surface area contributed by atoms with Crippen molar-refractivity contribution in [2.75, 3.05) is 6.54 Å². The van der Waals surface area contributed by atoms with Crippen molar-refractivity contribution in [2.45, 2.75) is 48.7 Å². The second kappa shape index (κ2) is 3.45. The molecule has 0 saturated carbocycles. The molecule has 0 aromatic carbocycles. The van der Waals surface area contributed by atoms with Crippen molar-refractivity contribution in [1.29, 1.82) is 0 Å². The summed E-state index contributed by atoms with van der Waals surface area (Å²) in [7, 11) is -2.95. The fourth-order valence-corrected chi connectivity index (χ4v) is 6.43. The number of cyclic esters (lactones) is 1. The zero-order valence-corrected chi connectivity index (χ0v) is 10.4. The standard InChI is InChI=1S/C11H17NO4S/c12-6-9-11(5-10(13)16-9)3-7-1-2-8(4-11)17(7,14)15/h7-9H,1-6,12H2. The Morgan fingerprint density at radius 3 is 2.41 bits per heavy atom. The van der Waals surface area contributed by atoms with Crippen LogP contribution in [0.5, 0.6) is 0 Å². The highest BCUT2D eigenvalue weighted by molar-refractivity contribution is 7.93. The maximum atomic E-state index is 12.0. The van der Waals surface area contributed by atoms with Gasteiger partial charge in [-0.05, 0) is 25.7 Å². The number of fused-ring (bicyclic) bond motifs is 2. The largest absolute Gasteiger partial charge is 0.460 e. The van der Waals surface area contributed by atoms with E-state index < -0.39 is 9.84 Å². The van der Waals surface area contributed by atoms with Crippen molar-refractivity contribution in [2.24, 2.45) is 11.1 Å². The molecule has 3 atom stereocenters. The molecular weight excluding hydrogens is 242 g/mol. The van der Waals surface area contributed by atoms with E-state index in [4.69, 9.17) is 10.5 Å². The molecule has 0 aliphatic carbocycles. The number of hydrogen-bond acceptors (Lipinski definition) is 5. The average molecular weight is 259 g/mol.